The van der Waals surface area contributed by atoms with Gasteiger partial charge in [0.2, 0.25) is 0 Å². The van der Waals surface area contributed by atoms with Crippen LogP contribution in [0.5, 0.6) is 0 Å². The van der Waals surface area contributed by atoms with Crippen LogP contribution in [0.15, 0.2) is 6.07 Å². The zero-order valence-electron chi connectivity index (χ0n) is 12.0. The van der Waals surface area contributed by atoms with Crippen molar-refractivity contribution in [3.63, 3.8) is 0 Å². The monoisotopic (exact) mass is 261 g/mol. The molecule has 0 atom stereocenters. The van der Waals surface area contributed by atoms with E-state index < -0.39 is 5.97 Å². The van der Waals surface area contributed by atoms with E-state index in [1.54, 1.807) is 17.8 Å². The number of aromatic nitrogens is 3. The molecule has 2 heterocycles. The Bertz CT molecular complexity index is 651. The van der Waals surface area contributed by atoms with Gasteiger partial charge in [0.15, 0.2) is 5.65 Å². The predicted molar refractivity (Wildman–Crippen MR) is 73.5 cm³/mol. The van der Waals surface area contributed by atoms with Gasteiger partial charge in [-0.2, -0.15) is 5.10 Å². The Morgan fingerprint density at radius 2 is 2.05 bits per heavy atom. The Kier molecular flexibility index (Phi) is 3.08. The van der Waals surface area contributed by atoms with Gasteiger partial charge < -0.3 is 5.11 Å². The first-order valence-corrected chi connectivity index (χ1v) is 6.36. The number of nitrogens with zero attached hydrogens (tertiary/aromatic N) is 3. The molecule has 0 saturated carbocycles. The van der Waals surface area contributed by atoms with E-state index in [1.165, 1.54) is 0 Å². The van der Waals surface area contributed by atoms with Crippen LogP contribution in [-0.4, -0.2) is 25.8 Å². The SMILES string of the molecule is CCc1cc(C(=O)O)c2c(C(C)(C)C)nn(C)c2n1. The van der Waals surface area contributed by atoms with Crippen LogP contribution in [-0.2, 0) is 18.9 Å². The Balaban J connectivity index is 2.93. The Labute approximate surface area is 112 Å². The van der Waals surface area contributed by atoms with Gasteiger partial charge in [0.25, 0.3) is 0 Å². The summed E-state index contributed by atoms with van der Waals surface area (Å²) in [4.78, 5) is 16.0. The van der Waals surface area contributed by atoms with Crippen molar-refractivity contribution in [3.8, 4) is 0 Å². The summed E-state index contributed by atoms with van der Waals surface area (Å²) < 4.78 is 1.67. The molecule has 102 valence electrons. The number of fused-ring (bicyclic) bond motifs is 1. The maximum atomic E-state index is 11.5. The minimum Gasteiger partial charge on any atom is -0.478 e. The second kappa shape index (κ2) is 4.33. The van der Waals surface area contributed by atoms with Gasteiger partial charge in [-0.15, -0.1) is 0 Å². The number of rotatable bonds is 2. The lowest BCUT2D eigenvalue weighted by Crippen LogP contribution is -2.14. The molecule has 1 N–H and O–H groups in total. The van der Waals surface area contributed by atoms with Crippen molar-refractivity contribution in [2.24, 2.45) is 7.05 Å². The maximum Gasteiger partial charge on any atom is 0.336 e. The van der Waals surface area contributed by atoms with E-state index in [1.807, 2.05) is 27.7 Å². The van der Waals surface area contributed by atoms with Crippen LogP contribution in [0.3, 0.4) is 0 Å². The molecule has 19 heavy (non-hydrogen) atoms. The van der Waals surface area contributed by atoms with Crippen LogP contribution in [0, 0.1) is 0 Å². The average molecular weight is 261 g/mol. The summed E-state index contributed by atoms with van der Waals surface area (Å²) in [7, 11) is 1.80. The molecule has 2 aromatic heterocycles. The second-order valence-electron chi connectivity index (χ2n) is 5.74. The molecule has 0 amide bonds. The molecular formula is C14H19N3O2. The highest BCUT2D eigenvalue weighted by molar-refractivity contribution is 6.03. The smallest absolute Gasteiger partial charge is 0.336 e. The van der Waals surface area contributed by atoms with Gasteiger partial charge >= 0.3 is 5.97 Å². The predicted octanol–water partition coefficient (Wildman–Crippen LogP) is 2.53. The fraction of sp³-hybridized carbons (Fsp3) is 0.500. The highest BCUT2D eigenvalue weighted by atomic mass is 16.4. The largest absolute Gasteiger partial charge is 0.478 e. The van der Waals surface area contributed by atoms with E-state index in [0.717, 1.165) is 11.4 Å². The van der Waals surface area contributed by atoms with Crippen LogP contribution in [0.25, 0.3) is 11.0 Å². The summed E-state index contributed by atoms with van der Waals surface area (Å²) in [5.41, 5.74) is 2.26. The van der Waals surface area contributed by atoms with Crippen LogP contribution in [0.2, 0.25) is 0 Å². The van der Waals surface area contributed by atoms with Gasteiger partial charge in [0.05, 0.1) is 16.6 Å². The minimum atomic E-state index is -0.930. The topological polar surface area (TPSA) is 68.0 Å². The lowest BCUT2D eigenvalue weighted by atomic mass is 9.89. The molecule has 2 aromatic rings. The number of carboxylic acid groups (broad SMARTS) is 1. The van der Waals surface area contributed by atoms with Crippen LogP contribution >= 0.6 is 0 Å². The zero-order valence-corrected chi connectivity index (χ0v) is 12.0. The molecule has 5 heteroatoms. The van der Waals surface area contributed by atoms with Crippen molar-refractivity contribution < 1.29 is 9.90 Å². The molecule has 0 spiro atoms. The Morgan fingerprint density at radius 3 is 2.53 bits per heavy atom. The Hall–Kier alpha value is -1.91. The van der Waals surface area contributed by atoms with Crippen LogP contribution in [0.4, 0.5) is 0 Å². The summed E-state index contributed by atoms with van der Waals surface area (Å²) in [6.07, 6.45) is 0.701. The fourth-order valence-corrected chi connectivity index (χ4v) is 2.17. The number of aryl methyl sites for hydroxylation is 2. The van der Waals surface area contributed by atoms with E-state index in [9.17, 15) is 9.90 Å². The number of hydrogen-bond acceptors (Lipinski definition) is 3. The van der Waals surface area contributed by atoms with E-state index in [4.69, 9.17) is 0 Å². The highest BCUT2D eigenvalue weighted by Gasteiger charge is 2.26. The summed E-state index contributed by atoms with van der Waals surface area (Å²) in [5, 5.41) is 14.6. The average Bonchev–Trinajstić information content (AvgIpc) is 2.65. The zero-order chi connectivity index (χ0) is 14.4. The number of pyridine rings is 1. The summed E-state index contributed by atoms with van der Waals surface area (Å²) in [5.74, 6) is -0.930. The Morgan fingerprint density at radius 1 is 1.42 bits per heavy atom. The molecule has 0 saturated heterocycles. The lowest BCUT2D eigenvalue weighted by Gasteiger charge is -2.16. The third kappa shape index (κ3) is 2.20. The van der Waals surface area contributed by atoms with Gasteiger partial charge in [0.1, 0.15) is 0 Å². The number of carbonyl (C=O) groups is 1. The first-order chi connectivity index (χ1) is 8.75. The normalized spacial score (nSPS) is 12.1. The number of carboxylic acids is 1. The van der Waals surface area contributed by atoms with E-state index in [2.05, 4.69) is 10.1 Å². The molecule has 0 radical (unpaired) electrons. The van der Waals surface area contributed by atoms with Crippen molar-refractivity contribution in [3.05, 3.63) is 23.0 Å². The molecule has 0 unspecified atom stereocenters. The minimum absolute atomic E-state index is 0.223. The van der Waals surface area contributed by atoms with Crippen molar-refractivity contribution in [1.29, 1.82) is 0 Å². The maximum absolute atomic E-state index is 11.5. The van der Waals surface area contributed by atoms with E-state index in [-0.39, 0.29) is 5.41 Å². The summed E-state index contributed by atoms with van der Waals surface area (Å²) in [6, 6.07) is 1.65. The molecule has 0 aromatic carbocycles. The van der Waals surface area contributed by atoms with Crippen LogP contribution in [0.1, 0.15) is 49.4 Å². The standard InChI is InChI=1S/C14H19N3O2/c1-6-8-7-9(13(18)19)10-11(14(2,3)4)16-17(5)12(10)15-8/h7H,6H2,1-5H3,(H,18,19). The van der Waals surface area contributed by atoms with Gasteiger partial charge in [0, 0.05) is 18.2 Å². The molecule has 5 nitrogen and oxygen atoms in total. The molecule has 0 fully saturated rings. The van der Waals surface area contributed by atoms with Crippen molar-refractivity contribution in [1.82, 2.24) is 14.8 Å². The third-order valence-corrected chi connectivity index (χ3v) is 3.15. The summed E-state index contributed by atoms with van der Waals surface area (Å²) >= 11 is 0. The molecule has 0 bridgehead atoms. The van der Waals surface area contributed by atoms with Crippen molar-refractivity contribution >= 4 is 17.0 Å². The fourth-order valence-electron chi connectivity index (χ4n) is 2.17. The van der Waals surface area contributed by atoms with Crippen LogP contribution < -0.4 is 0 Å². The third-order valence-electron chi connectivity index (χ3n) is 3.15. The molecular weight excluding hydrogens is 242 g/mol. The van der Waals surface area contributed by atoms with E-state index in [0.29, 0.717) is 23.0 Å². The first-order valence-electron chi connectivity index (χ1n) is 6.36. The number of aromatic carboxylic acids is 1. The quantitative estimate of drug-likeness (QED) is 0.902. The molecule has 2 rings (SSSR count). The first kappa shape index (κ1) is 13.5. The molecule has 0 aliphatic carbocycles. The van der Waals surface area contributed by atoms with E-state index >= 15 is 0 Å². The van der Waals surface area contributed by atoms with Gasteiger partial charge in [-0.3, -0.25) is 4.68 Å². The van der Waals surface area contributed by atoms with Crippen molar-refractivity contribution in [2.75, 3.05) is 0 Å². The van der Waals surface area contributed by atoms with Gasteiger partial charge in [-0.25, -0.2) is 9.78 Å². The lowest BCUT2D eigenvalue weighted by molar-refractivity contribution is 0.0698. The molecule has 0 aliphatic rings. The number of hydrogen-bond donors (Lipinski definition) is 1. The highest BCUT2D eigenvalue weighted by Crippen LogP contribution is 2.31. The van der Waals surface area contributed by atoms with Gasteiger partial charge in [-0.05, 0) is 12.5 Å². The van der Waals surface area contributed by atoms with Crippen molar-refractivity contribution in [2.45, 2.75) is 39.5 Å². The summed E-state index contributed by atoms with van der Waals surface area (Å²) in [6.45, 7) is 8.03. The molecule has 0 aliphatic heterocycles. The second-order valence-corrected chi connectivity index (χ2v) is 5.74. The van der Waals surface area contributed by atoms with Gasteiger partial charge in [-0.1, -0.05) is 27.7 Å².